The van der Waals surface area contributed by atoms with Gasteiger partial charge in [-0.3, -0.25) is 9.78 Å². The smallest absolute Gasteiger partial charge is 0.253 e. The first-order valence-corrected chi connectivity index (χ1v) is 5.32. The van der Waals surface area contributed by atoms with Gasteiger partial charge in [0, 0.05) is 36.4 Å². The van der Waals surface area contributed by atoms with E-state index in [1.807, 2.05) is 6.92 Å². The molecule has 76 valence electrons. The number of hydrogen-bond donors (Lipinski definition) is 0. The van der Waals surface area contributed by atoms with Crippen molar-refractivity contribution in [2.45, 2.75) is 11.8 Å². The Labute approximate surface area is 92.3 Å². The molecule has 0 radical (unpaired) electrons. The second-order valence-corrected chi connectivity index (χ2v) is 4.77. The molecule has 0 fully saturated rings. The van der Waals surface area contributed by atoms with Crippen LogP contribution in [0, 0.1) is 0 Å². The Hall–Kier alpha value is -0.900. The summed E-state index contributed by atoms with van der Waals surface area (Å²) in [5, 5.41) is 0. The highest BCUT2D eigenvalue weighted by Gasteiger charge is 2.12. The number of aromatic nitrogens is 1. The molecule has 1 rings (SSSR count). The maximum atomic E-state index is 11.8. The Morgan fingerprint density at radius 1 is 1.57 bits per heavy atom. The molecule has 14 heavy (non-hydrogen) atoms. The van der Waals surface area contributed by atoms with E-state index in [9.17, 15) is 4.79 Å². The SMILES string of the molecule is CC(Br)CN(C)C(=O)c1ccncc1. The van der Waals surface area contributed by atoms with E-state index in [4.69, 9.17) is 0 Å². The lowest BCUT2D eigenvalue weighted by Gasteiger charge is -2.18. The quantitative estimate of drug-likeness (QED) is 0.775. The molecule has 0 aromatic carbocycles. The molecule has 3 nitrogen and oxygen atoms in total. The summed E-state index contributed by atoms with van der Waals surface area (Å²) in [6.45, 7) is 2.71. The molecule has 1 aromatic rings. The van der Waals surface area contributed by atoms with E-state index in [-0.39, 0.29) is 5.91 Å². The second kappa shape index (κ2) is 5.10. The normalized spacial score (nSPS) is 12.2. The van der Waals surface area contributed by atoms with Crippen molar-refractivity contribution in [3.63, 3.8) is 0 Å². The molecule has 1 heterocycles. The molecule has 1 amide bonds. The van der Waals surface area contributed by atoms with E-state index in [2.05, 4.69) is 20.9 Å². The molecule has 4 heteroatoms. The standard InChI is InChI=1S/C10H13BrN2O/c1-8(11)7-13(2)10(14)9-3-5-12-6-4-9/h3-6,8H,7H2,1-2H3. The molecule has 0 saturated heterocycles. The fourth-order valence-electron chi connectivity index (χ4n) is 1.18. The average Bonchev–Trinajstić information content (AvgIpc) is 2.17. The van der Waals surface area contributed by atoms with Gasteiger partial charge in [0.25, 0.3) is 5.91 Å². The Morgan fingerprint density at radius 2 is 2.14 bits per heavy atom. The number of amides is 1. The maximum Gasteiger partial charge on any atom is 0.253 e. The zero-order valence-electron chi connectivity index (χ0n) is 8.27. The third kappa shape index (κ3) is 3.10. The summed E-state index contributed by atoms with van der Waals surface area (Å²) in [4.78, 5) is 17.6. The van der Waals surface area contributed by atoms with Gasteiger partial charge in [0.2, 0.25) is 0 Å². The van der Waals surface area contributed by atoms with Crippen LogP contribution in [0.2, 0.25) is 0 Å². The van der Waals surface area contributed by atoms with Gasteiger partial charge in [-0.05, 0) is 12.1 Å². The van der Waals surface area contributed by atoms with Gasteiger partial charge in [-0.1, -0.05) is 22.9 Å². The minimum atomic E-state index is 0.0266. The Balaban J connectivity index is 2.66. The number of hydrogen-bond acceptors (Lipinski definition) is 2. The third-order valence-corrected chi connectivity index (χ3v) is 2.09. The van der Waals surface area contributed by atoms with Gasteiger partial charge in [-0.15, -0.1) is 0 Å². The van der Waals surface area contributed by atoms with Crippen molar-refractivity contribution in [1.82, 2.24) is 9.88 Å². The molecule has 0 aliphatic heterocycles. The van der Waals surface area contributed by atoms with Gasteiger partial charge >= 0.3 is 0 Å². The van der Waals surface area contributed by atoms with Crippen LogP contribution < -0.4 is 0 Å². The Bertz CT molecular complexity index is 300. The molecule has 1 aromatic heterocycles. The first kappa shape index (κ1) is 11.2. The lowest BCUT2D eigenvalue weighted by molar-refractivity contribution is 0.0797. The molecule has 0 N–H and O–H groups in total. The molecule has 1 unspecified atom stereocenters. The second-order valence-electron chi connectivity index (χ2n) is 3.20. The predicted octanol–water partition coefficient (Wildman–Crippen LogP) is 1.94. The van der Waals surface area contributed by atoms with E-state index in [0.717, 1.165) is 0 Å². The highest BCUT2D eigenvalue weighted by molar-refractivity contribution is 9.09. The van der Waals surface area contributed by atoms with Crippen molar-refractivity contribution < 1.29 is 4.79 Å². The summed E-state index contributed by atoms with van der Waals surface area (Å²) in [5.74, 6) is 0.0266. The van der Waals surface area contributed by atoms with Gasteiger partial charge in [0.15, 0.2) is 0 Å². The predicted molar refractivity (Wildman–Crippen MR) is 59.6 cm³/mol. The maximum absolute atomic E-state index is 11.8. The van der Waals surface area contributed by atoms with Crippen molar-refractivity contribution in [2.24, 2.45) is 0 Å². The molecule has 0 saturated carbocycles. The number of halogens is 1. The van der Waals surface area contributed by atoms with Gasteiger partial charge in [0.05, 0.1) is 0 Å². The molecular weight excluding hydrogens is 244 g/mol. The molecule has 0 spiro atoms. The van der Waals surface area contributed by atoms with Crippen molar-refractivity contribution in [3.05, 3.63) is 30.1 Å². The van der Waals surface area contributed by atoms with Crippen molar-refractivity contribution in [2.75, 3.05) is 13.6 Å². The minimum Gasteiger partial charge on any atom is -0.341 e. The number of alkyl halides is 1. The van der Waals surface area contributed by atoms with Gasteiger partial charge in [-0.25, -0.2) is 0 Å². The third-order valence-electron chi connectivity index (χ3n) is 1.80. The summed E-state index contributed by atoms with van der Waals surface area (Å²) in [7, 11) is 1.79. The summed E-state index contributed by atoms with van der Waals surface area (Å²) < 4.78 is 0. The molecule has 1 atom stereocenters. The Morgan fingerprint density at radius 3 is 2.64 bits per heavy atom. The Kier molecular flexibility index (Phi) is 4.07. The van der Waals surface area contributed by atoms with Crippen LogP contribution in [0.25, 0.3) is 0 Å². The van der Waals surface area contributed by atoms with Gasteiger partial charge in [-0.2, -0.15) is 0 Å². The first-order valence-electron chi connectivity index (χ1n) is 4.41. The number of nitrogens with zero attached hydrogens (tertiary/aromatic N) is 2. The summed E-state index contributed by atoms with van der Waals surface area (Å²) in [6, 6.07) is 3.44. The fraction of sp³-hybridized carbons (Fsp3) is 0.400. The number of carbonyl (C=O) groups excluding carboxylic acids is 1. The van der Waals surface area contributed by atoms with Crippen LogP contribution in [0.5, 0.6) is 0 Å². The van der Waals surface area contributed by atoms with Crippen LogP contribution in [0.4, 0.5) is 0 Å². The first-order chi connectivity index (χ1) is 6.61. The van der Waals surface area contributed by atoms with Crippen molar-refractivity contribution >= 4 is 21.8 Å². The highest BCUT2D eigenvalue weighted by Crippen LogP contribution is 2.05. The monoisotopic (exact) mass is 256 g/mol. The van der Waals surface area contributed by atoms with E-state index >= 15 is 0 Å². The average molecular weight is 257 g/mol. The van der Waals surface area contributed by atoms with E-state index in [0.29, 0.717) is 16.9 Å². The number of pyridine rings is 1. The largest absolute Gasteiger partial charge is 0.341 e. The summed E-state index contributed by atoms with van der Waals surface area (Å²) in [5.41, 5.74) is 0.677. The van der Waals surface area contributed by atoms with E-state index in [1.165, 1.54) is 0 Å². The molecular formula is C10H13BrN2O. The van der Waals surface area contributed by atoms with Crippen LogP contribution in [0.1, 0.15) is 17.3 Å². The van der Waals surface area contributed by atoms with Gasteiger partial charge < -0.3 is 4.90 Å². The number of rotatable bonds is 3. The number of carbonyl (C=O) groups is 1. The molecule has 0 bridgehead atoms. The molecule has 0 aliphatic rings. The fourth-order valence-corrected chi connectivity index (χ4v) is 1.61. The summed E-state index contributed by atoms with van der Waals surface area (Å²) >= 11 is 3.41. The van der Waals surface area contributed by atoms with Crippen LogP contribution in [-0.2, 0) is 0 Å². The highest BCUT2D eigenvalue weighted by atomic mass is 79.9. The topological polar surface area (TPSA) is 33.2 Å². The van der Waals surface area contributed by atoms with E-state index < -0.39 is 0 Å². The van der Waals surface area contributed by atoms with Crippen LogP contribution >= 0.6 is 15.9 Å². The van der Waals surface area contributed by atoms with Crippen molar-refractivity contribution in [1.29, 1.82) is 0 Å². The van der Waals surface area contributed by atoms with E-state index in [1.54, 1.807) is 36.5 Å². The lowest BCUT2D eigenvalue weighted by Crippen LogP contribution is -2.31. The van der Waals surface area contributed by atoms with Crippen molar-refractivity contribution in [3.8, 4) is 0 Å². The lowest BCUT2D eigenvalue weighted by atomic mass is 10.2. The van der Waals surface area contributed by atoms with Crippen LogP contribution in [0.3, 0.4) is 0 Å². The molecule has 0 aliphatic carbocycles. The van der Waals surface area contributed by atoms with Crippen LogP contribution in [-0.4, -0.2) is 34.2 Å². The van der Waals surface area contributed by atoms with Gasteiger partial charge in [0.1, 0.15) is 0 Å². The minimum absolute atomic E-state index is 0.0266. The summed E-state index contributed by atoms with van der Waals surface area (Å²) in [6.07, 6.45) is 3.25. The zero-order valence-corrected chi connectivity index (χ0v) is 9.86. The zero-order chi connectivity index (χ0) is 10.6. The van der Waals surface area contributed by atoms with Crippen LogP contribution in [0.15, 0.2) is 24.5 Å².